The van der Waals surface area contributed by atoms with Crippen LogP contribution in [0.25, 0.3) is 0 Å². The van der Waals surface area contributed by atoms with Crippen LogP contribution in [0.1, 0.15) is 36.3 Å². The number of ether oxygens (including phenoxy) is 1. The minimum Gasteiger partial charge on any atom is -0.477 e. The van der Waals surface area contributed by atoms with E-state index >= 15 is 0 Å². The summed E-state index contributed by atoms with van der Waals surface area (Å²) in [6.45, 7) is 3.87. The average Bonchev–Trinajstić information content (AvgIpc) is 2.44. The molecule has 0 aliphatic carbocycles. The van der Waals surface area contributed by atoms with Gasteiger partial charge in [0.1, 0.15) is 11.3 Å². The van der Waals surface area contributed by atoms with E-state index in [-0.39, 0.29) is 18.1 Å². The number of hydrogen-bond donors (Lipinski definition) is 2. The smallest absolute Gasteiger partial charge is 0.354 e. The number of carbonyl (C=O) groups excluding carboxylic acids is 1. The summed E-state index contributed by atoms with van der Waals surface area (Å²) in [6, 6.07) is 3.02. The number of aromatic carboxylic acids is 1. The summed E-state index contributed by atoms with van der Waals surface area (Å²) in [5, 5.41) is 11.5. The van der Waals surface area contributed by atoms with Crippen LogP contribution in [0.3, 0.4) is 0 Å². The van der Waals surface area contributed by atoms with Crippen molar-refractivity contribution in [1.82, 2.24) is 10.3 Å². The molecule has 104 valence electrons. The van der Waals surface area contributed by atoms with Gasteiger partial charge in [0.25, 0.3) is 5.91 Å². The number of amides is 1. The molecule has 1 rings (SSSR count). The summed E-state index contributed by atoms with van der Waals surface area (Å²) in [4.78, 5) is 26.3. The van der Waals surface area contributed by atoms with Gasteiger partial charge in [-0.15, -0.1) is 0 Å². The zero-order chi connectivity index (χ0) is 14.5. The van der Waals surface area contributed by atoms with E-state index in [9.17, 15) is 9.59 Å². The number of rotatable bonds is 6. The molecule has 19 heavy (non-hydrogen) atoms. The molecular weight excluding hydrogens is 248 g/mol. The van der Waals surface area contributed by atoms with Crippen molar-refractivity contribution in [2.75, 3.05) is 7.11 Å². The highest BCUT2D eigenvalue weighted by Gasteiger charge is 2.30. The lowest BCUT2D eigenvalue weighted by atomic mass is 10.0. The Hall–Kier alpha value is -1.95. The number of nitrogens with one attached hydrogen (secondary N) is 1. The van der Waals surface area contributed by atoms with Gasteiger partial charge in [-0.25, -0.2) is 9.78 Å². The molecule has 0 bridgehead atoms. The van der Waals surface area contributed by atoms with Crippen molar-refractivity contribution in [3.63, 3.8) is 0 Å². The molecule has 1 aromatic heterocycles. The van der Waals surface area contributed by atoms with Crippen LogP contribution in [0, 0.1) is 0 Å². The summed E-state index contributed by atoms with van der Waals surface area (Å²) in [5.41, 5.74) is -0.146. The Bertz CT molecular complexity index is 452. The molecule has 1 atom stereocenters. The molecule has 6 nitrogen and oxygen atoms in total. The maximum Gasteiger partial charge on any atom is 0.354 e. The molecule has 1 amide bonds. The Morgan fingerprint density at radius 1 is 1.47 bits per heavy atom. The predicted molar refractivity (Wildman–Crippen MR) is 68.7 cm³/mol. The second-order valence-electron chi connectivity index (χ2n) is 4.33. The normalized spacial score (nSPS) is 13.6. The molecule has 0 fully saturated rings. The van der Waals surface area contributed by atoms with Crippen LogP contribution in [0.5, 0.6) is 0 Å². The maximum atomic E-state index is 11.9. The van der Waals surface area contributed by atoms with Crippen molar-refractivity contribution < 1.29 is 19.4 Å². The van der Waals surface area contributed by atoms with Gasteiger partial charge in [-0.1, -0.05) is 13.0 Å². The molecule has 6 heteroatoms. The monoisotopic (exact) mass is 266 g/mol. The summed E-state index contributed by atoms with van der Waals surface area (Å²) in [5.74, 6) is -1.28. The summed E-state index contributed by atoms with van der Waals surface area (Å²) in [6.07, 6.45) is 1.99. The van der Waals surface area contributed by atoms with Crippen LogP contribution < -0.4 is 5.32 Å². The summed E-state index contributed by atoms with van der Waals surface area (Å²) < 4.78 is 5.18. The zero-order valence-corrected chi connectivity index (χ0v) is 11.3. The van der Waals surface area contributed by atoms with Gasteiger partial charge in [-0.05, 0) is 25.0 Å². The molecule has 1 heterocycles. The van der Waals surface area contributed by atoms with E-state index in [1.54, 1.807) is 13.0 Å². The summed E-state index contributed by atoms with van der Waals surface area (Å²) in [7, 11) is 1.49. The topological polar surface area (TPSA) is 88.5 Å². The molecular formula is C13H18N2O4. The third-order valence-corrected chi connectivity index (χ3v) is 3.10. The molecule has 1 aromatic rings. The first kappa shape index (κ1) is 15.1. The number of nitrogens with zero attached hydrogens (tertiary/aromatic N) is 1. The van der Waals surface area contributed by atoms with Gasteiger partial charge < -0.3 is 15.2 Å². The van der Waals surface area contributed by atoms with Crippen LogP contribution >= 0.6 is 0 Å². The van der Waals surface area contributed by atoms with Crippen molar-refractivity contribution in [2.45, 2.75) is 32.4 Å². The van der Waals surface area contributed by atoms with Crippen molar-refractivity contribution >= 4 is 11.9 Å². The van der Waals surface area contributed by atoms with E-state index in [1.807, 2.05) is 6.92 Å². The Morgan fingerprint density at radius 3 is 2.58 bits per heavy atom. The third kappa shape index (κ3) is 3.75. The molecule has 0 spiro atoms. The molecule has 0 aliphatic rings. The van der Waals surface area contributed by atoms with E-state index in [2.05, 4.69) is 10.3 Å². The van der Waals surface area contributed by atoms with Crippen LogP contribution in [0.15, 0.2) is 18.3 Å². The quantitative estimate of drug-likeness (QED) is 0.808. The Labute approximate surface area is 111 Å². The molecule has 0 aromatic carbocycles. The van der Waals surface area contributed by atoms with E-state index in [0.29, 0.717) is 6.42 Å². The highest BCUT2D eigenvalue weighted by molar-refractivity contribution is 5.85. The Balaban J connectivity index is 2.62. The fourth-order valence-corrected chi connectivity index (χ4v) is 1.42. The van der Waals surface area contributed by atoms with Crippen LogP contribution in [0.4, 0.5) is 0 Å². The van der Waals surface area contributed by atoms with Crippen LogP contribution in [-0.2, 0) is 16.1 Å². The highest BCUT2D eigenvalue weighted by Crippen LogP contribution is 2.14. The largest absolute Gasteiger partial charge is 0.477 e. The molecule has 2 N–H and O–H groups in total. The van der Waals surface area contributed by atoms with Crippen molar-refractivity contribution in [2.24, 2.45) is 0 Å². The molecule has 0 saturated carbocycles. The van der Waals surface area contributed by atoms with E-state index in [4.69, 9.17) is 9.84 Å². The maximum absolute atomic E-state index is 11.9. The standard InChI is InChI=1S/C13H18N2O4/c1-4-13(2,19-3)12(18)15-8-9-5-6-10(11(16)17)14-7-9/h5-7H,4,8H2,1-3H3,(H,15,18)(H,16,17). The third-order valence-electron chi connectivity index (χ3n) is 3.10. The number of methoxy groups -OCH3 is 1. The first-order chi connectivity index (χ1) is 8.92. The minimum atomic E-state index is -1.08. The van der Waals surface area contributed by atoms with Crippen LogP contribution in [-0.4, -0.2) is 34.7 Å². The molecule has 1 unspecified atom stereocenters. The predicted octanol–water partition coefficient (Wildman–Crippen LogP) is 1.21. The first-order valence-electron chi connectivity index (χ1n) is 5.94. The fraction of sp³-hybridized carbons (Fsp3) is 0.462. The van der Waals surface area contributed by atoms with Gasteiger partial charge in [0, 0.05) is 19.9 Å². The number of aromatic nitrogens is 1. The van der Waals surface area contributed by atoms with Gasteiger partial charge in [-0.3, -0.25) is 4.79 Å². The lowest BCUT2D eigenvalue weighted by molar-refractivity contribution is -0.142. The summed E-state index contributed by atoms with van der Waals surface area (Å²) >= 11 is 0. The Morgan fingerprint density at radius 2 is 2.16 bits per heavy atom. The number of carbonyl (C=O) groups is 2. The van der Waals surface area contributed by atoms with Gasteiger partial charge in [-0.2, -0.15) is 0 Å². The van der Waals surface area contributed by atoms with Crippen molar-refractivity contribution in [1.29, 1.82) is 0 Å². The molecule has 0 aliphatic heterocycles. The SMILES string of the molecule is CCC(C)(OC)C(=O)NCc1ccc(C(=O)O)nc1. The van der Waals surface area contributed by atoms with E-state index in [1.165, 1.54) is 19.4 Å². The van der Waals surface area contributed by atoms with Gasteiger partial charge >= 0.3 is 5.97 Å². The van der Waals surface area contributed by atoms with Crippen LogP contribution in [0.2, 0.25) is 0 Å². The minimum absolute atomic E-state index is 0.0228. The number of carboxylic acid groups (broad SMARTS) is 1. The number of hydrogen-bond acceptors (Lipinski definition) is 4. The van der Waals surface area contributed by atoms with Gasteiger partial charge in [0.15, 0.2) is 0 Å². The van der Waals surface area contributed by atoms with Crippen molar-refractivity contribution in [3.8, 4) is 0 Å². The first-order valence-corrected chi connectivity index (χ1v) is 5.94. The highest BCUT2D eigenvalue weighted by atomic mass is 16.5. The zero-order valence-electron chi connectivity index (χ0n) is 11.3. The Kier molecular flexibility index (Phi) is 5.00. The fourth-order valence-electron chi connectivity index (χ4n) is 1.42. The van der Waals surface area contributed by atoms with Gasteiger partial charge in [0.05, 0.1) is 0 Å². The molecule has 0 saturated heterocycles. The number of carboxylic acids is 1. The van der Waals surface area contributed by atoms with E-state index < -0.39 is 11.6 Å². The lowest BCUT2D eigenvalue weighted by Crippen LogP contribution is -2.45. The second kappa shape index (κ2) is 6.29. The molecule has 0 radical (unpaired) electrons. The van der Waals surface area contributed by atoms with Crippen molar-refractivity contribution in [3.05, 3.63) is 29.6 Å². The lowest BCUT2D eigenvalue weighted by Gasteiger charge is -2.25. The second-order valence-corrected chi connectivity index (χ2v) is 4.33. The van der Waals surface area contributed by atoms with E-state index in [0.717, 1.165) is 5.56 Å². The van der Waals surface area contributed by atoms with Gasteiger partial charge in [0.2, 0.25) is 0 Å². The average molecular weight is 266 g/mol. The number of pyridine rings is 1.